The van der Waals surface area contributed by atoms with Crippen molar-refractivity contribution in [2.45, 2.75) is 83.1 Å². The minimum absolute atomic E-state index is 0.0619. The van der Waals surface area contributed by atoms with Crippen LogP contribution in [0.15, 0.2) is 35.5 Å². The van der Waals surface area contributed by atoms with Crippen molar-refractivity contribution in [3.63, 3.8) is 0 Å². The van der Waals surface area contributed by atoms with Crippen molar-refractivity contribution in [2.75, 3.05) is 0 Å². The molecule has 3 unspecified atom stereocenters. The predicted octanol–water partition coefficient (Wildman–Crippen LogP) is 4.96. The number of aryl methyl sites for hydroxylation is 2. The summed E-state index contributed by atoms with van der Waals surface area (Å²) in [5, 5.41) is 8.71. The van der Waals surface area contributed by atoms with E-state index in [1.165, 1.54) is 30.1 Å². The lowest BCUT2D eigenvalue weighted by molar-refractivity contribution is 0.0743. The van der Waals surface area contributed by atoms with Gasteiger partial charge in [0.25, 0.3) is 0 Å². The molecule has 40 heavy (non-hydrogen) atoms. The molecule has 11 heteroatoms. The number of carbonyl (C=O) groups excluding carboxylic acids is 1. The fourth-order valence-corrected chi connectivity index (χ4v) is 8.42. The van der Waals surface area contributed by atoms with Crippen LogP contribution in [0.2, 0.25) is 0 Å². The van der Waals surface area contributed by atoms with Gasteiger partial charge in [0.2, 0.25) is 5.88 Å². The third kappa shape index (κ3) is 4.93. The monoisotopic (exact) mass is 567 g/mol. The zero-order valence-corrected chi connectivity index (χ0v) is 24.5. The second-order valence-corrected chi connectivity index (χ2v) is 14.2. The summed E-state index contributed by atoms with van der Waals surface area (Å²) in [6.45, 7) is 8.07. The third-order valence-electron chi connectivity index (χ3n) is 9.08. The van der Waals surface area contributed by atoms with Crippen LogP contribution in [-0.4, -0.2) is 45.0 Å². The van der Waals surface area contributed by atoms with Gasteiger partial charge < -0.3 is 8.92 Å². The van der Waals surface area contributed by atoms with E-state index in [0.29, 0.717) is 29.2 Å². The molecule has 0 aliphatic heterocycles. The highest BCUT2D eigenvalue weighted by atomic mass is 32.2. The van der Waals surface area contributed by atoms with Crippen molar-refractivity contribution >= 4 is 16.1 Å². The number of nitrogens with zero attached hydrogens (tertiary/aromatic N) is 5. The number of fused-ring (bicyclic) bond motifs is 2. The molecule has 0 radical (unpaired) electrons. The van der Waals surface area contributed by atoms with Gasteiger partial charge in [-0.15, -0.1) is 5.10 Å². The Kier molecular flexibility index (Phi) is 6.55. The molecule has 10 nitrogen and oxygen atoms in total. The minimum atomic E-state index is -4.37. The molecule has 5 atom stereocenters. The Balaban J connectivity index is 1.31. The molecule has 0 aromatic carbocycles. The maximum absolute atomic E-state index is 13.4. The molecule has 3 fully saturated rings. The Hall–Kier alpha value is -3.21. The van der Waals surface area contributed by atoms with Gasteiger partial charge in [0.15, 0.2) is 5.82 Å². The smallest absolute Gasteiger partial charge is 0.355 e. The summed E-state index contributed by atoms with van der Waals surface area (Å²) in [6.07, 6.45) is 10.0. The molecule has 2 bridgehead atoms. The van der Waals surface area contributed by atoms with Gasteiger partial charge in [-0.05, 0) is 80.8 Å². The van der Waals surface area contributed by atoms with Crippen LogP contribution in [-0.2, 0) is 21.3 Å². The number of carbonyl (C=O) groups is 1. The van der Waals surface area contributed by atoms with Gasteiger partial charge in [0.05, 0.1) is 17.0 Å². The third-order valence-corrected chi connectivity index (χ3v) is 10.4. The first kappa shape index (κ1) is 27.0. The second kappa shape index (κ2) is 9.71. The largest absolute Gasteiger partial charge is 0.473 e. The van der Waals surface area contributed by atoms with Gasteiger partial charge in [0, 0.05) is 31.4 Å². The topological polar surface area (TPSA) is 118 Å². The van der Waals surface area contributed by atoms with Crippen LogP contribution in [0, 0.1) is 30.1 Å². The first-order chi connectivity index (χ1) is 18.9. The van der Waals surface area contributed by atoms with Crippen molar-refractivity contribution in [3.8, 4) is 11.7 Å². The summed E-state index contributed by atoms with van der Waals surface area (Å²) < 4.78 is 40.4. The number of hydrogen-bond acceptors (Lipinski definition) is 8. The van der Waals surface area contributed by atoms with Crippen molar-refractivity contribution < 1.29 is 22.1 Å². The van der Waals surface area contributed by atoms with Gasteiger partial charge >= 0.3 is 16.1 Å². The van der Waals surface area contributed by atoms with E-state index in [4.69, 9.17) is 13.9 Å². The van der Waals surface area contributed by atoms with E-state index in [-0.39, 0.29) is 33.6 Å². The van der Waals surface area contributed by atoms with E-state index in [1.807, 2.05) is 12.3 Å². The normalized spacial score (nSPS) is 27.3. The number of hydrogen-bond donors (Lipinski definition) is 0. The maximum atomic E-state index is 13.4. The molecule has 0 amide bonds. The number of pyridine rings is 1. The molecule has 0 N–H and O–H groups in total. The lowest BCUT2D eigenvalue weighted by Gasteiger charge is -2.28. The van der Waals surface area contributed by atoms with Gasteiger partial charge in [-0.1, -0.05) is 20.8 Å². The van der Waals surface area contributed by atoms with Crippen molar-refractivity contribution in [1.82, 2.24) is 24.5 Å². The molecule has 214 valence electrons. The zero-order valence-electron chi connectivity index (χ0n) is 23.7. The van der Waals surface area contributed by atoms with Crippen LogP contribution in [0.1, 0.15) is 87.0 Å². The molecule has 0 spiro atoms. The van der Waals surface area contributed by atoms with Crippen LogP contribution in [0.25, 0.3) is 5.82 Å². The Morgan fingerprint density at radius 1 is 1.10 bits per heavy atom. The fraction of sp³-hybridized carbons (Fsp3) is 0.586. The van der Waals surface area contributed by atoms with Crippen molar-refractivity contribution in [3.05, 3.63) is 47.5 Å². The van der Waals surface area contributed by atoms with E-state index in [1.54, 1.807) is 30.8 Å². The maximum Gasteiger partial charge on any atom is 0.355 e. The van der Waals surface area contributed by atoms with E-state index in [2.05, 4.69) is 31.0 Å². The summed E-state index contributed by atoms with van der Waals surface area (Å²) in [6, 6.07) is 5.12. The van der Waals surface area contributed by atoms with Gasteiger partial charge in [-0.25, -0.2) is 14.5 Å². The lowest BCUT2D eigenvalue weighted by atomic mass is 9.78. The summed E-state index contributed by atoms with van der Waals surface area (Å²) in [7, 11) is -2.75. The first-order valence-corrected chi connectivity index (χ1v) is 15.5. The Bertz CT molecular complexity index is 1560. The zero-order chi connectivity index (χ0) is 28.4. The van der Waals surface area contributed by atoms with Gasteiger partial charge in [0.1, 0.15) is 11.0 Å². The quantitative estimate of drug-likeness (QED) is 0.368. The summed E-state index contributed by atoms with van der Waals surface area (Å²) >= 11 is 0. The van der Waals surface area contributed by atoms with Crippen LogP contribution < -0.4 is 4.74 Å². The number of ether oxygens (including phenoxy) is 1. The molecule has 3 aliphatic carbocycles. The summed E-state index contributed by atoms with van der Waals surface area (Å²) in [5.74, 6) is 1.91. The van der Waals surface area contributed by atoms with Crippen LogP contribution in [0.5, 0.6) is 5.88 Å². The Morgan fingerprint density at radius 2 is 1.90 bits per heavy atom. The SMILES string of the molecule is Cc1nn(C)cc1S(=O)(=O)OC(=O)c1ccc(-n2ccc(O[C@H]3CC4CCC3C4)n2)nc1C1C[C@@H](C)CC1(C)C. The highest BCUT2D eigenvalue weighted by molar-refractivity contribution is 7.87. The highest BCUT2D eigenvalue weighted by Crippen LogP contribution is 2.52. The van der Waals surface area contributed by atoms with Crippen LogP contribution in [0.3, 0.4) is 0 Å². The molecule has 3 aromatic rings. The fourth-order valence-electron chi connectivity index (χ4n) is 7.35. The molecule has 3 saturated carbocycles. The summed E-state index contributed by atoms with van der Waals surface area (Å²) in [4.78, 5) is 18.2. The molecular weight excluding hydrogens is 530 g/mol. The average molecular weight is 568 g/mol. The number of rotatable bonds is 7. The molecule has 3 heterocycles. The van der Waals surface area contributed by atoms with Crippen LogP contribution in [0.4, 0.5) is 0 Å². The predicted molar refractivity (Wildman–Crippen MR) is 147 cm³/mol. The minimum Gasteiger partial charge on any atom is -0.473 e. The summed E-state index contributed by atoms with van der Waals surface area (Å²) in [5.41, 5.74) is 0.795. The van der Waals surface area contributed by atoms with Gasteiger partial charge in [-0.2, -0.15) is 13.5 Å². The number of aromatic nitrogens is 5. The van der Waals surface area contributed by atoms with Gasteiger partial charge in [-0.3, -0.25) is 4.68 Å². The Morgan fingerprint density at radius 3 is 2.52 bits per heavy atom. The molecule has 0 saturated heterocycles. The van der Waals surface area contributed by atoms with Crippen LogP contribution >= 0.6 is 0 Å². The molecule has 3 aromatic heterocycles. The van der Waals surface area contributed by atoms with E-state index < -0.39 is 16.1 Å². The highest BCUT2D eigenvalue weighted by Gasteiger charge is 2.43. The first-order valence-electron chi connectivity index (χ1n) is 14.1. The second-order valence-electron chi connectivity index (χ2n) is 12.7. The Labute approximate surface area is 235 Å². The van der Waals surface area contributed by atoms with E-state index in [0.717, 1.165) is 25.2 Å². The molecule has 6 rings (SSSR count). The molecule has 3 aliphatic rings. The average Bonchev–Trinajstić information content (AvgIpc) is 3.69. The van der Waals surface area contributed by atoms with Crippen molar-refractivity contribution in [1.29, 1.82) is 0 Å². The van der Waals surface area contributed by atoms with Crippen molar-refractivity contribution in [2.24, 2.45) is 30.2 Å². The lowest BCUT2D eigenvalue weighted by Crippen LogP contribution is -2.24. The van der Waals surface area contributed by atoms with E-state index in [9.17, 15) is 13.2 Å². The standard InChI is InChI=1S/C29H37N5O5S/c1-17-12-22(29(3,4)15-17)27-21(28(35)39-40(36,37)24-16-33(5)31-18(24)2)8-9-25(30-27)34-11-10-26(32-34)38-23-14-19-6-7-20(23)13-19/h8-11,16-17,19-20,22-23H,6-7,12-15H2,1-5H3/t17-,19?,20?,22?,23+/m1/s1. The molecular formula is C29H37N5O5S. The van der Waals surface area contributed by atoms with E-state index >= 15 is 0 Å².